The van der Waals surface area contributed by atoms with Crippen molar-refractivity contribution >= 4 is 11.9 Å². The average Bonchev–Trinajstić information content (AvgIpc) is 2.36. The molecule has 1 aliphatic rings. The summed E-state index contributed by atoms with van der Waals surface area (Å²) in [5, 5.41) is 19.0. The van der Waals surface area contributed by atoms with Crippen molar-refractivity contribution in [1.29, 1.82) is 0 Å². The van der Waals surface area contributed by atoms with Gasteiger partial charge in [-0.25, -0.2) is 9.59 Å². The Kier molecular flexibility index (Phi) is 3.06. The van der Waals surface area contributed by atoms with Crippen LogP contribution < -0.4 is 0 Å². The molecule has 6 heteroatoms. The van der Waals surface area contributed by atoms with E-state index in [9.17, 15) is 14.7 Å². The molecular formula is C12H12O6. The second kappa shape index (κ2) is 4.40. The summed E-state index contributed by atoms with van der Waals surface area (Å²) < 4.78 is 9.51. The normalized spacial score (nSPS) is 19.3. The summed E-state index contributed by atoms with van der Waals surface area (Å²) >= 11 is 0. The quantitative estimate of drug-likeness (QED) is 0.735. The molecule has 1 aromatic carbocycles. The monoisotopic (exact) mass is 252 g/mol. The van der Waals surface area contributed by atoms with E-state index in [4.69, 9.17) is 14.6 Å². The van der Waals surface area contributed by atoms with Crippen LogP contribution in [-0.4, -0.2) is 34.7 Å². The molecule has 18 heavy (non-hydrogen) atoms. The van der Waals surface area contributed by atoms with Crippen LogP contribution in [0.4, 0.5) is 0 Å². The van der Waals surface area contributed by atoms with Crippen LogP contribution in [-0.2, 0) is 9.47 Å². The number of hydrogen-bond donors (Lipinski definition) is 2. The highest BCUT2D eigenvalue weighted by molar-refractivity contribution is 5.96. The van der Waals surface area contributed by atoms with Gasteiger partial charge in [-0.1, -0.05) is 6.07 Å². The number of rotatable bonds is 2. The Morgan fingerprint density at radius 3 is 2.17 bits per heavy atom. The summed E-state index contributed by atoms with van der Waals surface area (Å²) in [5.74, 6) is -5.08. The van der Waals surface area contributed by atoms with Gasteiger partial charge in [0.25, 0.3) is 0 Å². The maximum Gasteiger partial charge on any atom is 0.378 e. The molecule has 2 bridgehead atoms. The van der Waals surface area contributed by atoms with Crippen molar-refractivity contribution in [3.8, 4) is 0 Å². The molecule has 0 radical (unpaired) electrons. The van der Waals surface area contributed by atoms with Gasteiger partial charge in [0, 0.05) is 0 Å². The summed E-state index contributed by atoms with van der Waals surface area (Å²) in [7, 11) is 0. The van der Waals surface area contributed by atoms with E-state index in [0.717, 1.165) is 0 Å². The highest BCUT2D eigenvalue weighted by Gasteiger charge is 2.44. The third-order valence-electron chi connectivity index (χ3n) is 2.71. The number of hydrogen-bond acceptors (Lipinski definition) is 6. The molecule has 1 atom stereocenters. The van der Waals surface area contributed by atoms with E-state index < -0.39 is 30.4 Å². The van der Waals surface area contributed by atoms with E-state index in [1.165, 1.54) is 31.2 Å². The van der Waals surface area contributed by atoms with E-state index in [0.29, 0.717) is 0 Å². The van der Waals surface area contributed by atoms with Crippen molar-refractivity contribution in [1.82, 2.24) is 0 Å². The Morgan fingerprint density at radius 1 is 1.22 bits per heavy atom. The molecule has 2 rings (SSSR count). The summed E-state index contributed by atoms with van der Waals surface area (Å²) in [6.45, 7) is 0.877. The summed E-state index contributed by atoms with van der Waals surface area (Å²) in [6.07, 6.45) is 0. The highest BCUT2D eigenvalue weighted by atomic mass is 16.8. The number of esters is 2. The molecule has 96 valence electrons. The van der Waals surface area contributed by atoms with Crippen molar-refractivity contribution < 1.29 is 29.3 Å². The molecule has 2 N–H and O–H groups in total. The molecule has 1 aliphatic heterocycles. The SMILES string of the molecule is CC(CO)C1(O)OC(=O)c2cccc(c2)C(=O)O1. The lowest BCUT2D eigenvalue weighted by atomic mass is 10.1. The molecule has 0 aromatic heterocycles. The van der Waals surface area contributed by atoms with Crippen LogP contribution in [0.15, 0.2) is 24.3 Å². The first-order valence-electron chi connectivity index (χ1n) is 5.36. The third kappa shape index (κ3) is 2.07. The van der Waals surface area contributed by atoms with Crippen LogP contribution in [0, 0.1) is 5.92 Å². The molecular weight excluding hydrogens is 240 g/mol. The summed E-state index contributed by atoms with van der Waals surface area (Å²) in [5.41, 5.74) is 0.264. The number of cyclic esters (lactones) is 2. The zero-order valence-corrected chi connectivity index (χ0v) is 9.62. The smallest absolute Gasteiger partial charge is 0.378 e. The Morgan fingerprint density at radius 2 is 1.72 bits per heavy atom. The minimum atomic E-state index is -2.47. The van der Waals surface area contributed by atoms with Gasteiger partial charge in [-0.2, -0.15) is 0 Å². The molecule has 0 saturated heterocycles. The predicted molar refractivity (Wildman–Crippen MR) is 58.5 cm³/mol. The predicted octanol–water partition coefficient (Wildman–Crippen LogP) is 0.288. The van der Waals surface area contributed by atoms with Gasteiger partial charge in [-0.05, 0) is 25.1 Å². The lowest BCUT2D eigenvalue weighted by Gasteiger charge is -2.32. The first-order valence-corrected chi connectivity index (χ1v) is 5.36. The second-order valence-corrected chi connectivity index (χ2v) is 4.07. The van der Waals surface area contributed by atoms with Crippen LogP contribution in [0.2, 0.25) is 0 Å². The van der Waals surface area contributed by atoms with Gasteiger partial charge >= 0.3 is 17.9 Å². The fourth-order valence-corrected chi connectivity index (χ4v) is 1.49. The Labute approximate surface area is 103 Å². The van der Waals surface area contributed by atoms with Crippen molar-refractivity contribution in [3.05, 3.63) is 35.4 Å². The van der Waals surface area contributed by atoms with Gasteiger partial charge in [0.05, 0.1) is 23.7 Å². The number of carbonyl (C=O) groups is 2. The molecule has 0 saturated carbocycles. The van der Waals surface area contributed by atoms with E-state index in [1.807, 2.05) is 0 Å². The Hall–Kier alpha value is -1.92. The van der Waals surface area contributed by atoms with Crippen LogP contribution in [0.5, 0.6) is 0 Å². The van der Waals surface area contributed by atoms with E-state index >= 15 is 0 Å². The zero-order chi connectivity index (χ0) is 13.3. The maximum absolute atomic E-state index is 11.7. The number of aliphatic hydroxyl groups is 2. The lowest BCUT2D eigenvalue weighted by Crippen LogP contribution is -2.47. The molecule has 1 aromatic rings. The second-order valence-electron chi connectivity index (χ2n) is 4.07. The van der Waals surface area contributed by atoms with Crippen LogP contribution in [0.3, 0.4) is 0 Å². The van der Waals surface area contributed by atoms with Gasteiger partial charge in [-0.15, -0.1) is 0 Å². The minimum absolute atomic E-state index is 0.132. The van der Waals surface area contributed by atoms with Gasteiger partial charge < -0.3 is 19.7 Å². The average molecular weight is 252 g/mol. The summed E-state index contributed by atoms with van der Waals surface area (Å²) in [6, 6.07) is 5.73. The van der Waals surface area contributed by atoms with Crippen molar-refractivity contribution in [2.75, 3.05) is 6.61 Å². The topological polar surface area (TPSA) is 93.1 Å². The standard InChI is InChI=1S/C12H12O6/c1-7(6-13)12(16)17-10(14)8-3-2-4-9(5-8)11(15)18-12/h2-5,7,13,16H,6H2,1H3. The number of benzene rings is 1. The van der Waals surface area contributed by atoms with Crippen LogP contribution in [0.25, 0.3) is 0 Å². The van der Waals surface area contributed by atoms with E-state index in [1.54, 1.807) is 0 Å². The number of ether oxygens (including phenoxy) is 2. The third-order valence-corrected chi connectivity index (χ3v) is 2.71. The van der Waals surface area contributed by atoms with Gasteiger partial charge in [0.1, 0.15) is 0 Å². The zero-order valence-electron chi connectivity index (χ0n) is 9.62. The molecule has 6 nitrogen and oxygen atoms in total. The van der Waals surface area contributed by atoms with Crippen LogP contribution >= 0.6 is 0 Å². The molecule has 1 unspecified atom stereocenters. The highest BCUT2D eigenvalue weighted by Crippen LogP contribution is 2.26. The number of aliphatic hydroxyl groups excluding tert-OH is 1. The van der Waals surface area contributed by atoms with Crippen LogP contribution in [0.1, 0.15) is 27.6 Å². The first-order chi connectivity index (χ1) is 8.46. The molecule has 0 amide bonds. The van der Waals surface area contributed by atoms with E-state index in [-0.39, 0.29) is 11.1 Å². The molecule has 0 fully saturated rings. The van der Waals surface area contributed by atoms with Crippen molar-refractivity contribution in [3.63, 3.8) is 0 Å². The minimum Gasteiger partial charge on any atom is -0.396 e. The molecule has 0 aliphatic carbocycles. The maximum atomic E-state index is 11.7. The summed E-state index contributed by atoms with van der Waals surface area (Å²) in [4.78, 5) is 23.4. The van der Waals surface area contributed by atoms with Crippen molar-refractivity contribution in [2.24, 2.45) is 5.92 Å². The van der Waals surface area contributed by atoms with E-state index in [2.05, 4.69) is 0 Å². The Bertz CT molecular complexity index is 462. The van der Waals surface area contributed by atoms with Gasteiger partial charge in [0.15, 0.2) is 0 Å². The Balaban J connectivity index is 2.44. The number of carbonyl (C=O) groups excluding carboxylic acids is 2. The fourth-order valence-electron chi connectivity index (χ4n) is 1.49. The molecule has 1 heterocycles. The first kappa shape index (κ1) is 12.5. The van der Waals surface area contributed by atoms with Gasteiger partial charge in [-0.3, -0.25) is 0 Å². The lowest BCUT2D eigenvalue weighted by molar-refractivity contribution is -0.334. The molecule has 0 spiro atoms. The largest absolute Gasteiger partial charge is 0.396 e. The van der Waals surface area contributed by atoms with Crippen molar-refractivity contribution in [2.45, 2.75) is 12.9 Å². The van der Waals surface area contributed by atoms with Gasteiger partial charge in [0.2, 0.25) is 0 Å². The number of fused-ring (bicyclic) bond motifs is 2. The fraction of sp³-hybridized carbons (Fsp3) is 0.333.